The summed E-state index contributed by atoms with van der Waals surface area (Å²) < 4.78 is 0. The highest BCUT2D eigenvalue weighted by molar-refractivity contribution is 4.98. The van der Waals surface area contributed by atoms with Gasteiger partial charge in [0.2, 0.25) is 0 Å². The van der Waals surface area contributed by atoms with Crippen LogP contribution in [0.5, 0.6) is 0 Å². The monoisotopic (exact) mass is 211 g/mol. The van der Waals surface area contributed by atoms with Crippen LogP contribution in [0.2, 0.25) is 0 Å². The summed E-state index contributed by atoms with van der Waals surface area (Å²) in [5.74, 6) is 0. The lowest BCUT2D eigenvalue weighted by Crippen LogP contribution is -2.40. The lowest BCUT2D eigenvalue weighted by atomic mass is 10.2. The Kier molecular flexibility index (Phi) is 3.65. The highest BCUT2D eigenvalue weighted by Crippen LogP contribution is 2.41. The molecule has 0 saturated carbocycles. The molecule has 15 heavy (non-hydrogen) atoms. The molecule has 2 aliphatic rings. The molecule has 0 aliphatic carbocycles. The average molecular weight is 211 g/mol. The number of fused-ring (bicyclic) bond motifs is 1. The molecule has 0 bridgehead atoms. The van der Waals surface area contributed by atoms with Gasteiger partial charge in [0.1, 0.15) is 0 Å². The Bertz CT molecular complexity index is 189. The Morgan fingerprint density at radius 1 is 0.800 bits per heavy atom. The second kappa shape index (κ2) is 4.81. The summed E-state index contributed by atoms with van der Waals surface area (Å²) in [7, 11) is 0. The minimum absolute atomic E-state index is 0.628. The third-order valence-electron chi connectivity index (χ3n) is 3.52. The van der Waals surface area contributed by atoms with Gasteiger partial charge in [0, 0.05) is 0 Å². The van der Waals surface area contributed by atoms with Crippen molar-refractivity contribution in [3.8, 4) is 0 Å². The molecule has 2 unspecified atom stereocenters. The van der Waals surface area contributed by atoms with Crippen molar-refractivity contribution in [2.45, 2.75) is 77.8 Å². The van der Waals surface area contributed by atoms with E-state index in [-0.39, 0.29) is 0 Å². The van der Waals surface area contributed by atoms with E-state index in [4.69, 9.17) is 0 Å². The Balaban J connectivity index is 1.90. The van der Waals surface area contributed by atoms with Crippen LogP contribution in [0.3, 0.4) is 0 Å². The second-order valence-corrected chi connectivity index (χ2v) is 4.80. The zero-order valence-corrected chi connectivity index (χ0v) is 10.4. The van der Waals surface area contributed by atoms with Gasteiger partial charge in [0.15, 0.2) is 0 Å². The first-order chi connectivity index (χ1) is 7.33. The molecule has 2 fully saturated rings. The van der Waals surface area contributed by atoms with Crippen molar-refractivity contribution in [3.05, 3.63) is 0 Å². The lowest BCUT2D eigenvalue weighted by Gasteiger charge is -2.18. The van der Waals surface area contributed by atoms with E-state index < -0.39 is 0 Å². The van der Waals surface area contributed by atoms with Crippen LogP contribution in [0.15, 0.2) is 0 Å². The van der Waals surface area contributed by atoms with Crippen molar-refractivity contribution in [2.75, 3.05) is 0 Å². The summed E-state index contributed by atoms with van der Waals surface area (Å²) in [4.78, 5) is 0. The maximum Gasteiger partial charge on any atom is 0.0931 e. The topological polar surface area (TPSA) is 18.0 Å². The SMILES string of the molecule is CCCC1N2[C@@H](CCC)N[C@H](CCC)N12. The lowest BCUT2D eigenvalue weighted by molar-refractivity contribution is 0.293. The Morgan fingerprint density at radius 3 is 1.67 bits per heavy atom. The Hall–Kier alpha value is -0.120. The zero-order valence-electron chi connectivity index (χ0n) is 10.4. The van der Waals surface area contributed by atoms with Crippen LogP contribution in [0.4, 0.5) is 0 Å². The summed E-state index contributed by atoms with van der Waals surface area (Å²) in [6, 6.07) is 0. The van der Waals surface area contributed by atoms with Crippen LogP contribution in [-0.2, 0) is 0 Å². The Morgan fingerprint density at radius 2 is 1.27 bits per heavy atom. The number of rotatable bonds is 6. The van der Waals surface area contributed by atoms with Gasteiger partial charge in [-0.1, -0.05) is 40.0 Å². The van der Waals surface area contributed by atoms with E-state index in [1.165, 1.54) is 38.5 Å². The largest absolute Gasteiger partial charge is 0.284 e. The van der Waals surface area contributed by atoms with Gasteiger partial charge in [-0.15, -0.1) is 0 Å². The van der Waals surface area contributed by atoms with Crippen LogP contribution in [0, 0.1) is 0 Å². The predicted molar refractivity (Wildman–Crippen MR) is 62.9 cm³/mol. The van der Waals surface area contributed by atoms with Gasteiger partial charge < -0.3 is 0 Å². The first kappa shape index (κ1) is 11.4. The van der Waals surface area contributed by atoms with Crippen LogP contribution in [0.25, 0.3) is 0 Å². The normalized spacial score (nSPS) is 43.0. The van der Waals surface area contributed by atoms with Crippen molar-refractivity contribution < 1.29 is 0 Å². The fraction of sp³-hybridized carbons (Fsp3) is 1.00. The van der Waals surface area contributed by atoms with E-state index in [1.807, 2.05) is 0 Å². The molecule has 0 aromatic carbocycles. The van der Waals surface area contributed by atoms with E-state index in [1.54, 1.807) is 0 Å². The number of hydrogen-bond acceptors (Lipinski definition) is 3. The van der Waals surface area contributed by atoms with Crippen LogP contribution in [-0.4, -0.2) is 28.5 Å². The maximum atomic E-state index is 3.73. The molecule has 4 atom stereocenters. The molecular weight excluding hydrogens is 186 g/mol. The molecule has 2 rings (SSSR count). The second-order valence-electron chi connectivity index (χ2n) is 4.80. The van der Waals surface area contributed by atoms with E-state index in [2.05, 4.69) is 36.1 Å². The molecule has 0 radical (unpaired) electrons. The van der Waals surface area contributed by atoms with Crippen molar-refractivity contribution >= 4 is 0 Å². The van der Waals surface area contributed by atoms with Crippen molar-refractivity contribution in [3.63, 3.8) is 0 Å². The van der Waals surface area contributed by atoms with Crippen molar-refractivity contribution in [1.29, 1.82) is 0 Å². The summed E-state index contributed by atoms with van der Waals surface area (Å²) in [6.07, 6.45) is 9.78. The molecule has 3 nitrogen and oxygen atoms in total. The molecule has 2 aliphatic heterocycles. The molecule has 0 spiro atoms. The van der Waals surface area contributed by atoms with E-state index >= 15 is 0 Å². The highest BCUT2D eigenvalue weighted by atomic mass is 15.9. The number of nitrogens with zero attached hydrogens (tertiary/aromatic N) is 2. The van der Waals surface area contributed by atoms with E-state index in [9.17, 15) is 0 Å². The Labute approximate surface area is 93.8 Å². The number of nitrogens with one attached hydrogen (secondary N) is 1. The zero-order chi connectivity index (χ0) is 10.8. The van der Waals surface area contributed by atoms with Crippen molar-refractivity contribution in [1.82, 2.24) is 15.3 Å². The third kappa shape index (κ3) is 2.05. The third-order valence-corrected chi connectivity index (χ3v) is 3.52. The summed E-state index contributed by atoms with van der Waals surface area (Å²) in [5.41, 5.74) is 0. The van der Waals surface area contributed by atoms with Gasteiger partial charge in [0.05, 0.1) is 18.5 Å². The minimum atomic E-state index is 0.628. The van der Waals surface area contributed by atoms with E-state index in [0.717, 1.165) is 6.17 Å². The molecule has 0 aromatic heterocycles. The van der Waals surface area contributed by atoms with Crippen molar-refractivity contribution in [2.24, 2.45) is 0 Å². The summed E-state index contributed by atoms with van der Waals surface area (Å²) >= 11 is 0. The first-order valence-electron chi connectivity index (χ1n) is 6.66. The highest BCUT2D eigenvalue weighted by Gasteiger charge is 2.57. The fourth-order valence-electron chi connectivity index (χ4n) is 2.85. The van der Waals surface area contributed by atoms with Gasteiger partial charge in [-0.25, -0.2) is 10.0 Å². The van der Waals surface area contributed by atoms with Gasteiger partial charge >= 0.3 is 0 Å². The van der Waals surface area contributed by atoms with Gasteiger partial charge in [-0.3, -0.25) is 5.32 Å². The molecule has 0 amide bonds. The molecule has 2 heterocycles. The van der Waals surface area contributed by atoms with Crippen LogP contribution >= 0.6 is 0 Å². The van der Waals surface area contributed by atoms with E-state index in [0.29, 0.717) is 12.3 Å². The smallest absolute Gasteiger partial charge is 0.0931 e. The first-order valence-corrected chi connectivity index (χ1v) is 6.66. The standard InChI is InChI=1S/C12H25N3/c1-4-7-10-13-11(8-5-2)15-12(9-6-3)14(10)15/h10-13H,4-9H2,1-3H3/t10-,11-,12?,14?,15?/m0/s1. The fourth-order valence-corrected chi connectivity index (χ4v) is 2.85. The molecule has 0 aromatic rings. The summed E-state index contributed by atoms with van der Waals surface area (Å²) in [6.45, 7) is 6.84. The quantitative estimate of drug-likeness (QED) is 0.681. The van der Waals surface area contributed by atoms with Gasteiger partial charge in [-0.2, -0.15) is 0 Å². The van der Waals surface area contributed by atoms with Crippen LogP contribution in [0.1, 0.15) is 59.3 Å². The maximum absolute atomic E-state index is 3.73. The summed E-state index contributed by atoms with van der Waals surface area (Å²) in [5, 5.41) is 8.89. The van der Waals surface area contributed by atoms with Gasteiger partial charge in [0.25, 0.3) is 0 Å². The number of hydrogen-bond donors (Lipinski definition) is 1. The molecule has 2 saturated heterocycles. The minimum Gasteiger partial charge on any atom is -0.284 e. The average Bonchev–Trinajstić information content (AvgIpc) is 2.80. The predicted octanol–water partition coefficient (Wildman–Crippen LogP) is 2.50. The molecule has 3 heteroatoms. The van der Waals surface area contributed by atoms with Gasteiger partial charge in [-0.05, 0) is 19.3 Å². The number of hydrazine groups is 1. The molecule has 88 valence electrons. The van der Waals surface area contributed by atoms with Crippen LogP contribution < -0.4 is 5.32 Å². The molecule has 1 N–H and O–H groups in total. The molecular formula is C12H25N3.